The number of sulfonamides is 1. The molecule has 0 aliphatic rings. The van der Waals surface area contributed by atoms with Gasteiger partial charge in [-0.2, -0.15) is 0 Å². The third-order valence-corrected chi connectivity index (χ3v) is 5.17. The maximum absolute atomic E-state index is 12.5. The fourth-order valence-electron chi connectivity index (χ4n) is 2.20. The molecule has 0 aliphatic heterocycles. The lowest BCUT2D eigenvalue weighted by Gasteiger charge is -2.19. The lowest BCUT2D eigenvalue weighted by molar-refractivity contribution is -0.275. The molecule has 5 nitrogen and oxygen atoms in total. The van der Waals surface area contributed by atoms with E-state index >= 15 is 0 Å². The Kier molecular flexibility index (Phi) is 6.51. The van der Waals surface area contributed by atoms with Crippen molar-refractivity contribution in [3.63, 3.8) is 0 Å². The fraction of sp³-hybridized carbons (Fsp3) is 0.250. The number of nitrogens with one attached hydrogen (secondary N) is 1. The van der Waals surface area contributed by atoms with E-state index in [0.717, 1.165) is 12.1 Å². The quantitative estimate of drug-likeness (QED) is 0.753. The number of halogens is 4. The number of rotatable bonds is 7. The normalized spacial score (nSPS) is 13.4. The topological polar surface area (TPSA) is 64.6 Å². The molecular formula is C16H15ClF3NO4S. The average Bonchev–Trinajstić information content (AvgIpc) is 2.55. The van der Waals surface area contributed by atoms with E-state index in [2.05, 4.69) is 9.46 Å². The predicted octanol–water partition coefficient (Wildman–Crippen LogP) is 3.90. The van der Waals surface area contributed by atoms with Gasteiger partial charge in [0, 0.05) is 24.2 Å². The molecule has 0 saturated carbocycles. The van der Waals surface area contributed by atoms with Gasteiger partial charge in [0.25, 0.3) is 0 Å². The van der Waals surface area contributed by atoms with Crippen LogP contribution in [0.1, 0.15) is 11.7 Å². The standard InChI is InChI=1S/C16H15ClF3NO4S/c1-24-14(11-6-2-3-7-12(11)17)10-21-26(22,23)15-9-5-4-8-13(15)25-16(18,19)20/h2-9,14,21H,10H2,1H3. The minimum atomic E-state index is -5.02. The van der Waals surface area contributed by atoms with Gasteiger partial charge in [0.05, 0.1) is 6.10 Å². The first kappa shape index (κ1) is 20.5. The van der Waals surface area contributed by atoms with E-state index in [-0.39, 0.29) is 6.54 Å². The Morgan fingerprint density at radius 1 is 1.12 bits per heavy atom. The van der Waals surface area contributed by atoms with Gasteiger partial charge in [0.15, 0.2) is 0 Å². The molecule has 0 spiro atoms. The van der Waals surface area contributed by atoms with Gasteiger partial charge in [-0.25, -0.2) is 13.1 Å². The summed E-state index contributed by atoms with van der Waals surface area (Å²) in [6.45, 7) is -0.233. The summed E-state index contributed by atoms with van der Waals surface area (Å²) >= 11 is 6.06. The third-order valence-electron chi connectivity index (χ3n) is 3.36. The summed E-state index contributed by atoms with van der Waals surface area (Å²) in [5.41, 5.74) is 0.541. The second-order valence-electron chi connectivity index (χ2n) is 5.09. The molecule has 1 unspecified atom stereocenters. The fourth-order valence-corrected chi connectivity index (χ4v) is 3.62. The van der Waals surface area contributed by atoms with Crippen molar-refractivity contribution < 1.29 is 31.1 Å². The molecule has 2 rings (SSSR count). The van der Waals surface area contributed by atoms with Crippen LogP contribution in [-0.4, -0.2) is 28.4 Å². The summed E-state index contributed by atoms with van der Waals surface area (Å²) in [6, 6.07) is 11.1. The molecule has 0 heterocycles. The van der Waals surface area contributed by atoms with Gasteiger partial charge in [-0.15, -0.1) is 13.2 Å². The summed E-state index contributed by atoms with van der Waals surface area (Å²) in [7, 11) is -2.92. The molecule has 10 heteroatoms. The Labute approximate surface area is 153 Å². The van der Waals surface area contributed by atoms with E-state index in [1.54, 1.807) is 24.3 Å². The number of ether oxygens (including phenoxy) is 2. The summed E-state index contributed by atoms with van der Waals surface area (Å²) in [5.74, 6) is -0.820. The number of hydrogen-bond donors (Lipinski definition) is 1. The van der Waals surface area contributed by atoms with Crippen LogP contribution in [0.25, 0.3) is 0 Å². The minimum absolute atomic E-state index is 0.233. The van der Waals surface area contributed by atoms with Gasteiger partial charge >= 0.3 is 6.36 Å². The largest absolute Gasteiger partial charge is 0.573 e. The van der Waals surface area contributed by atoms with Crippen LogP contribution in [0.2, 0.25) is 5.02 Å². The van der Waals surface area contributed by atoms with Gasteiger partial charge < -0.3 is 9.47 Å². The summed E-state index contributed by atoms with van der Waals surface area (Å²) in [6.07, 6.45) is -5.74. The highest BCUT2D eigenvalue weighted by Gasteiger charge is 2.34. The second kappa shape index (κ2) is 8.26. The molecule has 0 bridgehead atoms. The molecule has 1 atom stereocenters. The number of hydrogen-bond acceptors (Lipinski definition) is 4. The summed E-state index contributed by atoms with van der Waals surface area (Å²) in [4.78, 5) is -0.633. The number of methoxy groups -OCH3 is 1. The van der Waals surface area contributed by atoms with Crippen molar-refractivity contribution in [2.45, 2.75) is 17.4 Å². The number of para-hydroxylation sites is 1. The van der Waals surface area contributed by atoms with E-state index < -0.39 is 33.1 Å². The lowest BCUT2D eigenvalue weighted by Crippen LogP contribution is -2.30. The van der Waals surface area contributed by atoms with E-state index in [1.807, 2.05) is 0 Å². The zero-order valence-corrected chi connectivity index (χ0v) is 15.0. The van der Waals surface area contributed by atoms with Crippen LogP contribution in [0.15, 0.2) is 53.4 Å². The van der Waals surface area contributed by atoms with Crippen molar-refractivity contribution in [1.29, 1.82) is 0 Å². The lowest BCUT2D eigenvalue weighted by atomic mass is 10.1. The van der Waals surface area contributed by atoms with Crippen molar-refractivity contribution in [2.24, 2.45) is 0 Å². The highest BCUT2D eigenvalue weighted by Crippen LogP contribution is 2.30. The van der Waals surface area contributed by atoms with Crippen molar-refractivity contribution in [1.82, 2.24) is 4.72 Å². The first-order valence-corrected chi connectivity index (χ1v) is 9.12. The van der Waals surface area contributed by atoms with E-state index in [9.17, 15) is 21.6 Å². The predicted molar refractivity (Wildman–Crippen MR) is 89.5 cm³/mol. The second-order valence-corrected chi connectivity index (χ2v) is 7.23. The van der Waals surface area contributed by atoms with Gasteiger partial charge in [-0.1, -0.05) is 41.9 Å². The maximum atomic E-state index is 12.5. The smallest absolute Gasteiger partial charge is 0.404 e. The summed E-state index contributed by atoms with van der Waals surface area (Å²) < 4.78 is 73.5. The van der Waals surface area contributed by atoms with Crippen LogP contribution in [0, 0.1) is 0 Å². The number of alkyl halides is 3. The molecular weight excluding hydrogens is 395 g/mol. The Morgan fingerprint density at radius 3 is 2.35 bits per heavy atom. The molecule has 142 valence electrons. The molecule has 0 aromatic heterocycles. The first-order chi connectivity index (χ1) is 12.1. The Balaban J connectivity index is 2.23. The zero-order chi connectivity index (χ0) is 19.4. The molecule has 0 fully saturated rings. The van der Waals surface area contributed by atoms with Crippen molar-refractivity contribution >= 4 is 21.6 Å². The Morgan fingerprint density at radius 2 is 1.73 bits per heavy atom. The SMILES string of the molecule is COC(CNS(=O)(=O)c1ccccc1OC(F)(F)F)c1ccccc1Cl. The van der Waals surface area contributed by atoms with Crippen LogP contribution in [0.4, 0.5) is 13.2 Å². The maximum Gasteiger partial charge on any atom is 0.573 e. The van der Waals surface area contributed by atoms with Gasteiger partial charge in [-0.05, 0) is 18.2 Å². The highest BCUT2D eigenvalue weighted by molar-refractivity contribution is 7.89. The van der Waals surface area contributed by atoms with Crippen LogP contribution in [0.3, 0.4) is 0 Å². The molecule has 26 heavy (non-hydrogen) atoms. The van der Waals surface area contributed by atoms with Gasteiger partial charge in [-0.3, -0.25) is 0 Å². The van der Waals surface area contributed by atoms with Crippen molar-refractivity contribution in [3.05, 3.63) is 59.1 Å². The van der Waals surface area contributed by atoms with Crippen LogP contribution >= 0.6 is 11.6 Å². The Bertz CT molecular complexity index is 859. The van der Waals surface area contributed by atoms with Crippen LogP contribution in [-0.2, 0) is 14.8 Å². The summed E-state index contributed by atoms with van der Waals surface area (Å²) in [5, 5.41) is 0.374. The van der Waals surface area contributed by atoms with Crippen LogP contribution in [0.5, 0.6) is 5.75 Å². The molecule has 0 radical (unpaired) electrons. The molecule has 0 aliphatic carbocycles. The molecule has 2 aromatic rings. The van der Waals surface area contributed by atoms with Crippen molar-refractivity contribution in [2.75, 3.05) is 13.7 Å². The zero-order valence-electron chi connectivity index (χ0n) is 13.5. The van der Waals surface area contributed by atoms with Crippen LogP contribution < -0.4 is 9.46 Å². The van der Waals surface area contributed by atoms with Crippen molar-refractivity contribution in [3.8, 4) is 5.75 Å². The minimum Gasteiger partial charge on any atom is -0.404 e. The van der Waals surface area contributed by atoms with E-state index in [1.165, 1.54) is 19.2 Å². The molecule has 0 saturated heterocycles. The molecule has 1 N–H and O–H groups in total. The Hall–Kier alpha value is -1.81. The molecule has 0 amide bonds. The molecule has 2 aromatic carbocycles. The van der Waals surface area contributed by atoms with Gasteiger partial charge in [0.2, 0.25) is 10.0 Å². The number of benzene rings is 2. The van der Waals surface area contributed by atoms with E-state index in [0.29, 0.717) is 10.6 Å². The first-order valence-electron chi connectivity index (χ1n) is 7.25. The third kappa shape index (κ3) is 5.34. The van der Waals surface area contributed by atoms with Gasteiger partial charge in [0.1, 0.15) is 10.6 Å². The van der Waals surface area contributed by atoms with E-state index in [4.69, 9.17) is 16.3 Å². The monoisotopic (exact) mass is 409 g/mol. The highest BCUT2D eigenvalue weighted by atomic mass is 35.5. The average molecular weight is 410 g/mol.